The van der Waals surface area contributed by atoms with Gasteiger partial charge in [-0.1, -0.05) is 12.1 Å². The molecule has 0 spiro atoms. The number of nitrogens with zero attached hydrogens (tertiary/aromatic N) is 5. The molecular formula is C26H24F2N6O2. The van der Waals surface area contributed by atoms with Crippen LogP contribution < -0.4 is 21.1 Å². The van der Waals surface area contributed by atoms with E-state index in [1.807, 2.05) is 19.1 Å². The van der Waals surface area contributed by atoms with Crippen LogP contribution in [0.2, 0.25) is 0 Å². The molecule has 5 heterocycles. The van der Waals surface area contributed by atoms with Gasteiger partial charge in [-0.2, -0.15) is 8.78 Å². The minimum Gasteiger partial charge on any atom is -0.486 e. The Labute approximate surface area is 205 Å². The number of nitrogens with one attached hydrogen (secondary N) is 1. The largest absolute Gasteiger partial charge is 0.486 e. The number of para-hydroxylation sites is 1. The lowest BCUT2D eigenvalue weighted by molar-refractivity contribution is -0.0214. The van der Waals surface area contributed by atoms with E-state index >= 15 is 0 Å². The Morgan fingerprint density at radius 3 is 2.83 bits per heavy atom. The lowest BCUT2D eigenvalue weighted by atomic mass is 10.0. The van der Waals surface area contributed by atoms with Crippen molar-refractivity contribution < 1.29 is 13.5 Å². The van der Waals surface area contributed by atoms with E-state index in [-0.39, 0.29) is 16.9 Å². The quantitative estimate of drug-likeness (QED) is 0.474. The van der Waals surface area contributed by atoms with E-state index in [9.17, 15) is 13.6 Å². The number of aryl methyl sites for hydroxylation is 2. The Hall–Kier alpha value is -4.08. The molecule has 1 N–H and O–H groups in total. The maximum absolute atomic E-state index is 14.2. The fourth-order valence-corrected chi connectivity index (χ4v) is 4.91. The monoisotopic (exact) mass is 490 g/mol. The minimum absolute atomic E-state index is 0.113. The van der Waals surface area contributed by atoms with Crippen LogP contribution in [0, 0.1) is 6.92 Å². The fraction of sp³-hybridized carbons (Fsp3) is 0.308. The number of rotatable bonds is 3. The molecule has 0 aliphatic carbocycles. The summed E-state index contributed by atoms with van der Waals surface area (Å²) in [7, 11) is 1.71. The van der Waals surface area contributed by atoms with Crippen molar-refractivity contribution in [1.29, 1.82) is 0 Å². The zero-order valence-corrected chi connectivity index (χ0v) is 20.0. The van der Waals surface area contributed by atoms with Crippen molar-refractivity contribution in [2.45, 2.75) is 32.4 Å². The number of anilines is 1. The molecular weight excluding hydrogens is 466 g/mol. The zero-order valence-electron chi connectivity index (χ0n) is 20.0. The van der Waals surface area contributed by atoms with Gasteiger partial charge in [0.05, 0.1) is 17.2 Å². The van der Waals surface area contributed by atoms with Gasteiger partial charge in [-0.05, 0) is 37.6 Å². The molecule has 184 valence electrons. The molecule has 36 heavy (non-hydrogen) atoms. The number of hydrogen-bond acceptors (Lipinski definition) is 6. The van der Waals surface area contributed by atoms with Gasteiger partial charge >= 0.3 is 5.92 Å². The van der Waals surface area contributed by atoms with Gasteiger partial charge in [-0.25, -0.2) is 9.97 Å². The van der Waals surface area contributed by atoms with Crippen LogP contribution in [0.5, 0.6) is 5.75 Å². The molecule has 10 heteroatoms. The summed E-state index contributed by atoms with van der Waals surface area (Å²) < 4.78 is 37.5. The average molecular weight is 491 g/mol. The maximum atomic E-state index is 14.2. The predicted octanol–water partition coefficient (Wildman–Crippen LogP) is 3.63. The van der Waals surface area contributed by atoms with Crippen LogP contribution in [0.25, 0.3) is 22.5 Å². The van der Waals surface area contributed by atoms with Gasteiger partial charge in [0, 0.05) is 43.5 Å². The van der Waals surface area contributed by atoms with Crippen LogP contribution >= 0.6 is 0 Å². The highest BCUT2D eigenvalue weighted by atomic mass is 19.3. The predicted molar refractivity (Wildman–Crippen MR) is 130 cm³/mol. The molecule has 4 aliphatic rings. The Morgan fingerprint density at radius 1 is 1.19 bits per heavy atom. The number of benzene rings is 1. The summed E-state index contributed by atoms with van der Waals surface area (Å²) in [5, 5.41) is 3.41. The first-order valence-corrected chi connectivity index (χ1v) is 11.7. The second-order valence-corrected chi connectivity index (χ2v) is 9.20. The highest BCUT2D eigenvalue weighted by molar-refractivity contribution is 5.82. The molecule has 0 fully saturated rings. The fourth-order valence-electron chi connectivity index (χ4n) is 4.91. The van der Waals surface area contributed by atoms with Crippen LogP contribution in [0.3, 0.4) is 0 Å². The number of hydrogen-bond donors (Lipinski definition) is 1. The van der Waals surface area contributed by atoms with Gasteiger partial charge in [0.15, 0.2) is 12.1 Å². The maximum Gasteiger partial charge on any atom is 0.310 e. The van der Waals surface area contributed by atoms with Crippen molar-refractivity contribution in [3.8, 4) is 28.3 Å². The van der Waals surface area contributed by atoms with Crippen molar-refractivity contribution in [2.75, 3.05) is 18.5 Å². The van der Waals surface area contributed by atoms with Crippen LogP contribution in [-0.2, 0) is 19.5 Å². The van der Waals surface area contributed by atoms with Crippen LogP contribution in [0.15, 0.2) is 52.4 Å². The standard InChI is InChI=1S/C26H24F2N6O2/c1-14(17-5-4-6-20-22(17)36-13-26(20,27)28)30-23-19-12-18(16-7-9-33(3)21(35)11-16)24-29-8-10-34(24)25(19)32-15(2)31-23/h4-7,9,11-12,14,29H,8,10,13H2,1-3H3. The molecule has 6 rings (SSSR count). The summed E-state index contributed by atoms with van der Waals surface area (Å²) in [5.74, 6) is -0.673. The summed E-state index contributed by atoms with van der Waals surface area (Å²) in [4.78, 5) is 26.5. The van der Waals surface area contributed by atoms with E-state index in [2.05, 4.69) is 14.9 Å². The first-order chi connectivity index (χ1) is 17.2. The lowest BCUT2D eigenvalue weighted by Gasteiger charge is -2.18. The van der Waals surface area contributed by atoms with Crippen molar-refractivity contribution in [2.24, 2.45) is 12.0 Å². The number of pyridine rings is 2. The van der Waals surface area contributed by atoms with E-state index < -0.39 is 18.6 Å². The second kappa shape index (κ2) is 7.97. The third-order valence-corrected chi connectivity index (χ3v) is 6.73. The van der Waals surface area contributed by atoms with Gasteiger partial charge < -0.3 is 19.2 Å². The van der Waals surface area contributed by atoms with E-state index in [1.165, 1.54) is 10.6 Å². The Bertz CT molecular complexity index is 1620. The van der Waals surface area contributed by atoms with E-state index in [0.29, 0.717) is 23.4 Å². The van der Waals surface area contributed by atoms with Gasteiger partial charge in [-0.3, -0.25) is 9.79 Å². The van der Waals surface area contributed by atoms with Crippen LogP contribution in [0.4, 0.5) is 14.6 Å². The Balaban J connectivity index is 1.56. The average Bonchev–Trinajstić information content (AvgIpc) is 3.45. The highest BCUT2D eigenvalue weighted by Crippen LogP contribution is 2.45. The summed E-state index contributed by atoms with van der Waals surface area (Å²) >= 11 is 0. The Morgan fingerprint density at radius 2 is 2.03 bits per heavy atom. The molecule has 2 aromatic rings. The molecule has 1 unspecified atom stereocenters. The van der Waals surface area contributed by atoms with Crippen molar-refractivity contribution in [1.82, 2.24) is 19.1 Å². The molecule has 1 aromatic heterocycles. The third-order valence-electron chi connectivity index (χ3n) is 6.73. The lowest BCUT2D eigenvalue weighted by Crippen LogP contribution is -2.21. The van der Waals surface area contributed by atoms with E-state index in [1.54, 1.807) is 38.4 Å². The summed E-state index contributed by atoms with van der Waals surface area (Å²) in [6, 6.07) is 9.70. The van der Waals surface area contributed by atoms with E-state index in [4.69, 9.17) is 14.7 Å². The minimum atomic E-state index is -3.02. The van der Waals surface area contributed by atoms with Gasteiger partial charge in [0.25, 0.3) is 5.56 Å². The van der Waals surface area contributed by atoms with Crippen molar-refractivity contribution in [3.05, 3.63) is 75.4 Å². The van der Waals surface area contributed by atoms with Gasteiger partial charge in [-0.15, -0.1) is 0 Å². The van der Waals surface area contributed by atoms with E-state index in [0.717, 1.165) is 34.9 Å². The normalized spacial score (nSPS) is 17.0. The smallest absolute Gasteiger partial charge is 0.310 e. The number of halogens is 2. The molecule has 1 aromatic carbocycles. The van der Waals surface area contributed by atoms with Gasteiger partial charge in [0.1, 0.15) is 23.2 Å². The highest BCUT2D eigenvalue weighted by Gasteiger charge is 2.42. The SMILES string of the molecule is Cc1nc2n3c(c(-c4ccn(C)c(=O)c4)cc-2c(=NC(C)c2cccc4c2OCC4(F)F)n1)NCC3. The van der Waals surface area contributed by atoms with Crippen molar-refractivity contribution in [3.63, 3.8) is 0 Å². The first kappa shape index (κ1) is 22.4. The molecule has 4 aliphatic heterocycles. The second-order valence-electron chi connectivity index (χ2n) is 9.20. The third kappa shape index (κ3) is 3.47. The number of ether oxygens (including phenoxy) is 1. The molecule has 0 saturated carbocycles. The molecule has 8 nitrogen and oxygen atoms in total. The van der Waals surface area contributed by atoms with Crippen LogP contribution in [0.1, 0.15) is 29.9 Å². The van der Waals surface area contributed by atoms with Crippen LogP contribution in [-0.4, -0.2) is 32.3 Å². The number of alkyl halides is 2. The molecule has 0 bridgehead atoms. The van der Waals surface area contributed by atoms with Crippen molar-refractivity contribution >= 4 is 5.82 Å². The molecule has 0 radical (unpaired) electrons. The first-order valence-electron chi connectivity index (χ1n) is 11.7. The molecule has 0 amide bonds. The number of aromatic nitrogens is 4. The summed E-state index contributed by atoms with van der Waals surface area (Å²) in [6.07, 6.45) is 1.73. The molecule has 0 saturated heterocycles. The van der Waals surface area contributed by atoms with Gasteiger partial charge in [0.2, 0.25) is 0 Å². The summed E-state index contributed by atoms with van der Waals surface area (Å²) in [5.41, 5.74) is 3.15. The zero-order chi connectivity index (χ0) is 25.2. The number of fused-ring (bicyclic) bond motifs is 4. The molecule has 1 atom stereocenters. The topological polar surface area (TPSA) is 86.3 Å². The summed E-state index contributed by atoms with van der Waals surface area (Å²) in [6.45, 7) is 4.40. The Kier molecular flexibility index (Phi) is 4.96.